The van der Waals surface area contributed by atoms with Gasteiger partial charge in [-0.1, -0.05) is 33.7 Å². The Balaban J connectivity index is 2.22. The molecule has 1 saturated heterocycles. The van der Waals surface area contributed by atoms with Crippen LogP contribution in [0.2, 0.25) is 0 Å². The highest BCUT2D eigenvalue weighted by molar-refractivity contribution is 9.11. The van der Waals surface area contributed by atoms with Crippen molar-refractivity contribution in [1.82, 2.24) is 5.32 Å². The maximum absolute atomic E-state index is 3.51. The summed E-state index contributed by atoms with van der Waals surface area (Å²) < 4.78 is 1.34. The third kappa shape index (κ3) is 1.06. The van der Waals surface area contributed by atoms with Crippen LogP contribution in [-0.2, 0) is 0 Å². The van der Waals surface area contributed by atoms with E-state index in [1.807, 2.05) is 0 Å². The van der Waals surface area contributed by atoms with Crippen LogP contribution >= 0.6 is 15.9 Å². The molecule has 2 heteroatoms. The summed E-state index contributed by atoms with van der Waals surface area (Å²) in [7, 11) is 0. The van der Waals surface area contributed by atoms with Gasteiger partial charge >= 0.3 is 0 Å². The molecule has 0 bridgehead atoms. The zero-order valence-corrected chi connectivity index (χ0v) is 7.32. The third-order valence-electron chi connectivity index (χ3n) is 2.16. The number of halogens is 1. The summed E-state index contributed by atoms with van der Waals surface area (Å²) in [6, 6.07) is 0. The Bertz CT molecular complexity index is 205. The molecular weight excluding hydrogens is 190 g/mol. The van der Waals surface area contributed by atoms with Crippen LogP contribution in [0.15, 0.2) is 22.2 Å². The number of nitrogens with one attached hydrogen (secondary N) is 1. The smallest absolute Gasteiger partial charge is 0.0171 e. The van der Waals surface area contributed by atoms with Gasteiger partial charge in [-0.15, -0.1) is 0 Å². The lowest BCUT2D eigenvalue weighted by Crippen LogP contribution is -2.09. The Hall–Kier alpha value is -0.0800. The fraction of sp³-hybridized carbons (Fsp3) is 0.500. The van der Waals surface area contributed by atoms with E-state index in [2.05, 4.69) is 33.4 Å². The van der Waals surface area contributed by atoms with E-state index in [0.717, 1.165) is 19.0 Å². The second kappa shape index (κ2) is 2.51. The summed E-state index contributed by atoms with van der Waals surface area (Å²) in [6.07, 6.45) is 5.59. The molecule has 1 unspecified atom stereocenters. The van der Waals surface area contributed by atoms with Crippen LogP contribution in [0.25, 0.3) is 0 Å². The first kappa shape index (κ1) is 6.62. The third-order valence-corrected chi connectivity index (χ3v) is 2.75. The van der Waals surface area contributed by atoms with Crippen molar-refractivity contribution in [3.05, 3.63) is 22.2 Å². The predicted molar refractivity (Wildman–Crippen MR) is 46.1 cm³/mol. The molecule has 1 N–H and O–H groups in total. The van der Waals surface area contributed by atoms with Gasteiger partial charge in [0.2, 0.25) is 0 Å². The average molecular weight is 200 g/mol. The van der Waals surface area contributed by atoms with Crippen molar-refractivity contribution in [2.24, 2.45) is 5.92 Å². The van der Waals surface area contributed by atoms with Crippen molar-refractivity contribution in [3.63, 3.8) is 0 Å². The molecule has 2 aliphatic rings. The van der Waals surface area contributed by atoms with Crippen molar-refractivity contribution < 1.29 is 0 Å². The van der Waals surface area contributed by atoms with Crippen LogP contribution in [-0.4, -0.2) is 13.1 Å². The minimum Gasteiger partial charge on any atom is -0.312 e. The van der Waals surface area contributed by atoms with Crippen molar-refractivity contribution >= 4 is 15.9 Å². The van der Waals surface area contributed by atoms with Crippen LogP contribution in [0.4, 0.5) is 0 Å². The van der Waals surface area contributed by atoms with Gasteiger partial charge in [0.25, 0.3) is 0 Å². The zero-order chi connectivity index (χ0) is 6.97. The Labute approximate surface area is 69.3 Å². The molecule has 1 nitrogen and oxygen atoms in total. The zero-order valence-electron chi connectivity index (χ0n) is 5.73. The summed E-state index contributed by atoms with van der Waals surface area (Å²) in [5.41, 5.74) is 1.57. The van der Waals surface area contributed by atoms with Crippen molar-refractivity contribution in [1.29, 1.82) is 0 Å². The number of rotatable bonds is 0. The fourth-order valence-electron chi connectivity index (χ4n) is 1.57. The maximum atomic E-state index is 3.51. The summed E-state index contributed by atoms with van der Waals surface area (Å²) in [6.45, 7) is 2.26. The highest BCUT2D eigenvalue weighted by Crippen LogP contribution is 2.30. The van der Waals surface area contributed by atoms with Crippen LogP contribution in [0, 0.1) is 5.92 Å². The number of hydrogen-bond donors (Lipinski definition) is 1. The molecule has 0 aromatic rings. The minimum absolute atomic E-state index is 0.777. The van der Waals surface area contributed by atoms with Gasteiger partial charge in [0.05, 0.1) is 0 Å². The second-order valence-electron chi connectivity index (χ2n) is 2.89. The van der Waals surface area contributed by atoms with Crippen LogP contribution < -0.4 is 5.32 Å². The molecule has 0 radical (unpaired) electrons. The average Bonchev–Trinajstić information content (AvgIpc) is 2.33. The van der Waals surface area contributed by atoms with Crippen LogP contribution in [0.3, 0.4) is 0 Å². The lowest BCUT2D eigenvalue weighted by molar-refractivity contribution is 0.655. The summed E-state index contributed by atoms with van der Waals surface area (Å²) in [5, 5.41) is 3.36. The number of fused-ring (bicyclic) bond motifs is 1. The summed E-state index contributed by atoms with van der Waals surface area (Å²) in [5.74, 6) is 0.777. The highest BCUT2D eigenvalue weighted by Gasteiger charge is 2.22. The Morgan fingerprint density at radius 1 is 1.50 bits per heavy atom. The first-order chi connectivity index (χ1) is 4.86. The minimum atomic E-state index is 0.777. The lowest BCUT2D eigenvalue weighted by Gasteiger charge is -2.13. The van der Waals surface area contributed by atoms with Crippen molar-refractivity contribution in [2.75, 3.05) is 13.1 Å². The summed E-state index contributed by atoms with van der Waals surface area (Å²) >= 11 is 3.51. The van der Waals surface area contributed by atoms with Gasteiger partial charge in [0, 0.05) is 13.1 Å². The highest BCUT2D eigenvalue weighted by atomic mass is 79.9. The lowest BCUT2D eigenvalue weighted by atomic mass is 9.95. The van der Waals surface area contributed by atoms with E-state index in [-0.39, 0.29) is 0 Å². The van der Waals surface area contributed by atoms with E-state index in [4.69, 9.17) is 0 Å². The van der Waals surface area contributed by atoms with Gasteiger partial charge in [-0.25, -0.2) is 0 Å². The largest absolute Gasteiger partial charge is 0.312 e. The van der Waals surface area contributed by atoms with E-state index in [9.17, 15) is 0 Å². The SMILES string of the molecule is BrC1=CC=C2CNCC2C1. The quantitative estimate of drug-likeness (QED) is 0.628. The first-order valence-electron chi connectivity index (χ1n) is 3.62. The van der Waals surface area contributed by atoms with Gasteiger partial charge in [-0.05, 0) is 16.8 Å². The molecule has 1 atom stereocenters. The normalized spacial score (nSPS) is 31.1. The second-order valence-corrected chi connectivity index (χ2v) is 3.91. The number of hydrogen-bond acceptors (Lipinski definition) is 1. The van der Waals surface area contributed by atoms with Crippen molar-refractivity contribution in [2.45, 2.75) is 6.42 Å². The maximum Gasteiger partial charge on any atom is 0.0171 e. The van der Waals surface area contributed by atoms with Crippen LogP contribution in [0.1, 0.15) is 6.42 Å². The predicted octanol–water partition coefficient (Wildman–Crippen LogP) is 1.81. The molecule has 1 aliphatic heterocycles. The van der Waals surface area contributed by atoms with Gasteiger partial charge in [0.1, 0.15) is 0 Å². The van der Waals surface area contributed by atoms with Gasteiger partial charge in [0.15, 0.2) is 0 Å². The molecule has 1 aliphatic carbocycles. The molecule has 0 spiro atoms. The van der Waals surface area contributed by atoms with E-state index in [0.29, 0.717) is 0 Å². The Kier molecular flexibility index (Phi) is 1.66. The molecule has 54 valence electrons. The monoisotopic (exact) mass is 199 g/mol. The molecule has 0 aromatic heterocycles. The topological polar surface area (TPSA) is 12.0 Å². The molecule has 0 amide bonds. The Morgan fingerprint density at radius 2 is 2.40 bits per heavy atom. The standard InChI is InChI=1S/C8H10BrN/c9-8-2-1-6-4-10-5-7(6)3-8/h1-2,7,10H,3-5H2. The first-order valence-corrected chi connectivity index (χ1v) is 4.41. The molecule has 10 heavy (non-hydrogen) atoms. The molecule has 2 rings (SSSR count). The Morgan fingerprint density at radius 3 is 3.30 bits per heavy atom. The molecule has 0 saturated carbocycles. The summed E-state index contributed by atoms with van der Waals surface area (Å²) in [4.78, 5) is 0. The van der Waals surface area contributed by atoms with Gasteiger partial charge in [-0.3, -0.25) is 0 Å². The van der Waals surface area contributed by atoms with E-state index in [1.165, 1.54) is 10.9 Å². The fourth-order valence-corrected chi connectivity index (χ4v) is 2.09. The van der Waals surface area contributed by atoms with Crippen molar-refractivity contribution in [3.8, 4) is 0 Å². The van der Waals surface area contributed by atoms with Gasteiger partial charge < -0.3 is 5.32 Å². The van der Waals surface area contributed by atoms with Crippen LogP contribution in [0.5, 0.6) is 0 Å². The molecule has 0 aromatic carbocycles. The number of allylic oxidation sites excluding steroid dienone is 3. The van der Waals surface area contributed by atoms with E-state index < -0.39 is 0 Å². The molecular formula is C8H10BrN. The van der Waals surface area contributed by atoms with E-state index in [1.54, 1.807) is 5.57 Å². The molecule has 1 heterocycles. The van der Waals surface area contributed by atoms with E-state index >= 15 is 0 Å². The molecule has 1 fully saturated rings. The van der Waals surface area contributed by atoms with Gasteiger partial charge in [-0.2, -0.15) is 0 Å².